The van der Waals surface area contributed by atoms with Crippen molar-refractivity contribution in [2.75, 3.05) is 31.1 Å². The molecule has 5 aliphatic rings. The van der Waals surface area contributed by atoms with Crippen molar-refractivity contribution in [3.63, 3.8) is 0 Å². The number of nitrogens with one attached hydrogen (secondary N) is 1. The highest BCUT2D eigenvalue weighted by Crippen LogP contribution is 2.40. The van der Waals surface area contributed by atoms with Crippen LogP contribution in [0, 0.1) is 0 Å². The predicted molar refractivity (Wildman–Crippen MR) is 167 cm³/mol. The number of hydrogen-bond donors (Lipinski definition) is 1. The van der Waals surface area contributed by atoms with Crippen LogP contribution in [-0.2, 0) is 22.7 Å². The first kappa shape index (κ1) is 28.2. The number of fused-ring (bicyclic) bond motifs is 1. The van der Waals surface area contributed by atoms with Gasteiger partial charge in [-0.05, 0) is 60.1 Å². The number of anilines is 1. The Morgan fingerprint density at radius 3 is 2.38 bits per heavy atom. The number of aromatic nitrogens is 2. The van der Waals surface area contributed by atoms with Crippen molar-refractivity contribution in [2.24, 2.45) is 0 Å². The number of carbonyl (C=O) groups excluding carboxylic acids is 3. The number of rotatable bonds is 8. The van der Waals surface area contributed by atoms with Gasteiger partial charge in [-0.3, -0.25) is 29.6 Å². The molecule has 1 unspecified atom stereocenters. The number of pyridine rings is 2. The predicted octanol–water partition coefficient (Wildman–Crippen LogP) is 3.76. The fourth-order valence-corrected chi connectivity index (χ4v) is 7.21. The number of benzene rings is 1. The number of ether oxygens (including phenoxy) is 1. The first-order valence-corrected chi connectivity index (χ1v) is 16.3. The van der Waals surface area contributed by atoms with Crippen molar-refractivity contribution in [1.29, 1.82) is 0 Å². The maximum atomic E-state index is 13.0. The second-order valence-electron chi connectivity index (χ2n) is 13.2. The molecule has 10 heteroatoms. The van der Waals surface area contributed by atoms with E-state index in [2.05, 4.69) is 50.4 Å². The van der Waals surface area contributed by atoms with Gasteiger partial charge in [0.15, 0.2) is 0 Å². The third kappa shape index (κ3) is 5.79. The van der Waals surface area contributed by atoms with Gasteiger partial charge in [-0.1, -0.05) is 18.2 Å². The standard InChI is InChI=1S/C35H38N6O4/c42-32-9-8-31(34(43)38-32)41-20-25-15-23(3-7-30(25)35(41)44)26-18-39(19-26)21-27-5-6-28(17-36-27)40-13-11-29(12-14-40)45-33-10-4-24(16-37-33)22-1-2-22/h3-7,10,15-17,22,26,29,31H,1-2,8-9,11-14,18-21H2,(H,38,42,43). The Kier molecular flexibility index (Phi) is 7.24. The zero-order chi connectivity index (χ0) is 30.5. The van der Waals surface area contributed by atoms with Crippen LogP contribution >= 0.6 is 0 Å². The maximum Gasteiger partial charge on any atom is 0.255 e. The minimum Gasteiger partial charge on any atom is -0.474 e. The van der Waals surface area contributed by atoms with Crippen LogP contribution in [-0.4, -0.2) is 75.8 Å². The molecule has 1 saturated carbocycles. The number of likely N-dealkylation sites (tertiary alicyclic amines) is 1. The minimum absolute atomic E-state index is 0.125. The van der Waals surface area contributed by atoms with Gasteiger partial charge in [-0.25, -0.2) is 4.98 Å². The summed E-state index contributed by atoms with van der Waals surface area (Å²) in [6.45, 7) is 5.00. The summed E-state index contributed by atoms with van der Waals surface area (Å²) in [5, 5.41) is 2.37. The molecule has 6 heterocycles. The van der Waals surface area contributed by atoms with E-state index < -0.39 is 6.04 Å². The molecule has 4 fully saturated rings. The molecule has 3 aromatic rings. The van der Waals surface area contributed by atoms with E-state index in [1.807, 2.05) is 24.5 Å². The zero-order valence-corrected chi connectivity index (χ0v) is 25.4. The number of imide groups is 1. The largest absolute Gasteiger partial charge is 0.474 e. The Balaban J connectivity index is 0.801. The molecule has 232 valence electrons. The molecule has 0 bridgehead atoms. The van der Waals surface area contributed by atoms with Crippen molar-refractivity contribution in [3.8, 4) is 5.88 Å². The van der Waals surface area contributed by atoms with E-state index in [-0.39, 0.29) is 30.2 Å². The summed E-state index contributed by atoms with van der Waals surface area (Å²) in [5.74, 6) is 1.09. The molecule has 0 radical (unpaired) electrons. The van der Waals surface area contributed by atoms with Crippen molar-refractivity contribution >= 4 is 23.4 Å². The molecular weight excluding hydrogens is 568 g/mol. The van der Waals surface area contributed by atoms with Gasteiger partial charge in [0.25, 0.3) is 5.91 Å². The van der Waals surface area contributed by atoms with Crippen LogP contribution in [0.15, 0.2) is 54.9 Å². The van der Waals surface area contributed by atoms with Gasteiger partial charge in [0.2, 0.25) is 17.7 Å². The lowest BCUT2D eigenvalue weighted by Crippen LogP contribution is -2.52. The fraction of sp³-hybridized carbons (Fsp3) is 0.457. The number of amides is 3. The third-order valence-electron chi connectivity index (χ3n) is 10.1. The van der Waals surface area contributed by atoms with Crippen molar-refractivity contribution in [2.45, 2.75) is 75.6 Å². The second-order valence-corrected chi connectivity index (χ2v) is 13.2. The highest BCUT2D eigenvalue weighted by molar-refractivity contribution is 6.05. The van der Waals surface area contributed by atoms with E-state index in [0.717, 1.165) is 68.4 Å². The molecular formula is C35H38N6O4. The summed E-state index contributed by atoms with van der Waals surface area (Å²) in [5.41, 5.74) is 6.41. The molecule has 1 atom stereocenters. The van der Waals surface area contributed by atoms with Crippen molar-refractivity contribution in [3.05, 3.63) is 82.8 Å². The van der Waals surface area contributed by atoms with E-state index in [4.69, 9.17) is 9.72 Å². The van der Waals surface area contributed by atoms with Gasteiger partial charge in [0, 0.05) is 82.3 Å². The minimum atomic E-state index is -0.581. The molecule has 3 amide bonds. The van der Waals surface area contributed by atoms with Crippen LogP contribution in [0.4, 0.5) is 5.69 Å². The molecule has 0 spiro atoms. The van der Waals surface area contributed by atoms with Crippen LogP contribution in [0.5, 0.6) is 5.88 Å². The monoisotopic (exact) mass is 606 g/mol. The molecule has 1 N–H and O–H groups in total. The summed E-state index contributed by atoms with van der Waals surface area (Å²) in [4.78, 5) is 52.6. The van der Waals surface area contributed by atoms with Crippen molar-refractivity contribution < 1.29 is 19.1 Å². The van der Waals surface area contributed by atoms with Gasteiger partial charge < -0.3 is 14.5 Å². The molecule has 4 aliphatic heterocycles. The first-order chi connectivity index (χ1) is 22.0. The quantitative estimate of drug-likeness (QED) is 0.387. The zero-order valence-electron chi connectivity index (χ0n) is 25.4. The number of piperidine rings is 2. The van der Waals surface area contributed by atoms with Crippen LogP contribution in [0.3, 0.4) is 0 Å². The summed E-state index contributed by atoms with van der Waals surface area (Å²) < 4.78 is 6.18. The topological polar surface area (TPSA) is 108 Å². The molecule has 1 aliphatic carbocycles. The molecule has 3 saturated heterocycles. The normalized spacial score (nSPS) is 22.8. The Morgan fingerprint density at radius 2 is 1.67 bits per heavy atom. The SMILES string of the molecule is O=C1CCC(N2Cc3cc(C4CN(Cc5ccc(N6CCC(Oc7ccc(C8CC8)cn7)CC6)cn5)C4)ccc3C2=O)C(=O)N1. The summed E-state index contributed by atoms with van der Waals surface area (Å²) >= 11 is 0. The fourth-order valence-electron chi connectivity index (χ4n) is 7.21. The first-order valence-electron chi connectivity index (χ1n) is 16.3. The Morgan fingerprint density at radius 1 is 0.844 bits per heavy atom. The van der Waals surface area contributed by atoms with Crippen LogP contribution in [0.2, 0.25) is 0 Å². The average Bonchev–Trinajstić information content (AvgIpc) is 3.83. The molecule has 45 heavy (non-hydrogen) atoms. The lowest BCUT2D eigenvalue weighted by Gasteiger charge is -2.39. The second kappa shape index (κ2) is 11.6. The highest BCUT2D eigenvalue weighted by Gasteiger charge is 2.39. The van der Waals surface area contributed by atoms with Crippen LogP contribution in [0.1, 0.15) is 83.1 Å². The van der Waals surface area contributed by atoms with Gasteiger partial charge in [-0.2, -0.15) is 0 Å². The van der Waals surface area contributed by atoms with Crippen molar-refractivity contribution in [1.82, 2.24) is 25.1 Å². The lowest BCUT2D eigenvalue weighted by atomic mass is 9.89. The van der Waals surface area contributed by atoms with E-state index in [0.29, 0.717) is 30.4 Å². The molecule has 10 nitrogen and oxygen atoms in total. The van der Waals surface area contributed by atoms with Gasteiger partial charge in [0.1, 0.15) is 12.1 Å². The lowest BCUT2D eigenvalue weighted by molar-refractivity contribution is -0.136. The maximum absolute atomic E-state index is 13.0. The number of hydrogen-bond acceptors (Lipinski definition) is 8. The average molecular weight is 607 g/mol. The van der Waals surface area contributed by atoms with Gasteiger partial charge in [0.05, 0.1) is 17.6 Å². The van der Waals surface area contributed by atoms with E-state index in [1.165, 1.54) is 24.0 Å². The smallest absolute Gasteiger partial charge is 0.255 e. The van der Waals surface area contributed by atoms with Crippen LogP contribution in [0.25, 0.3) is 0 Å². The number of carbonyl (C=O) groups is 3. The third-order valence-corrected chi connectivity index (χ3v) is 10.1. The molecule has 1 aromatic carbocycles. The summed E-state index contributed by atoms with van der Waals surface area (Å²) in [6, 6.07) is 14.0. The summed E-state index contributed by atoms with van der Waals surface area (Å²) in [7, 11) is 0. The Bertz CT molecular complexity index is 1610. The Labute approximate surface area is 262 Å². The number of nitrogens with zero attached hydrogens (tertiary/aromatic N) is 5. The Hall–Kier alpha value is -4.31. The van der Waals surface area contributed by atoms with E-state index in [1.54, 1.807) is 4.90 Å². The van der Waals surface area contributed by atoms with Gasteiger partial charge >= 0.3 is 0 Å². The molecule has 8 rings (SSSR count). The molecule has 2 aromatic heterocycles. The van der Waals surface area contributed by atoms with E-state index in [9.17, 15) is 14.4 Å². The highest BCUT2D eigenvalue weighted by atomic mass is 16.5. The van der Waals surface area contributed by atoms with Gasteiger partial charge in [-0.15, -0.1) is 0 Å². The van der Waals surface area contributed by atoms with Crippen LogP contribution < -0.4 is 15.0 Å². The van der Waals surface area contributed by atoms with E-state index >= 15 is 0 Å². The summed E-state index contributed by atoms with van der Waals surface area (Å²) in [6.07, 6.45) is 9.32.